The van der Waals surface area contributed by atoms with Gasteiger partial charge in [0.25, 0.3) is 0 Å². The Kier molecular flexibility index (Phi) is 7.06. The summed E-state index contributed by atoms with van der Waals surface area (Å²) in [6, 6.07) is 12.0. The molecule has 0 atom stereocenters. The van der Waals surface area contributed by atoms with E-state index in [1.165, 1.54) is 4.88 Å². The highest BCUT2D eigenvalue weighted by Crippen LogP contribution is 2.16. The zero-order valence-corrected chi connectivity index (χ0v) is 14.6. The standard InChI is InChI=1S/C16H16BrNOS2/c17-14-4-1-3-13(11-14)6-7-16(19)18-8-10-20-12-15-5-2-9-21-15/h1-7,9,11H,8,10,12H2,(H,18,19)/b7-6+. The summed E-state index contributed by atoms with van der Waals surface area (Å²) < 4.78 is 1.01. The van der Waals surface area contributed by atoms with Gasteiger partial charge in [-0.15, -0.1) is 11.3 Å². The van der Waals surface area contributed by atoms with Crippen LogP contribution in [0.2, 0.25) is 0 Å². The fourth-order valence-corrected chi connectivity index (χ4v) is 3.77. The molecule has 0 saturated heterocycles. The molecule has 0 saturated carbocycles. The molecule has 0 radical (unpaired) electrons. The van der Waals surface area contributed by atoms with Crippen LogP contribution in [-0.4, -0.2) is 18.2 Å². The lowest BCUT2D eigenvalue weighted by Gasteiger charge is -2.02. The number of halogens is 1. The fourth-order valence-electron chi connectivity index (χ4n) is 1.65. The van der Waals surface area contributed by atoms with Crippen LogP contribution in [0.4, 0.5) is 0 Å². The quantitative estimate of drug-likeness (QED) is 0.561. The SMILES string of the molecule is O=C(/C=C/c1cccc(Br)c1)NCCSCc1cccs1. The molecule has 1 aromatic heterocycles. The van der Waals surface area contributed by atoms with Crippen molar-refractivity contribution in [1.82, 2.24) is 5.32 Å². The first-order valence-corrected chi connectivity index (χ1v) is 9.38. The first kappa shape index (κ1) is 16.3. The van der Waals surface area contributed by atoms with Crippen LogP contribution in [0.5, 0.6) is 0 Å². The molecule has 0 fully saturated rings. The molecule has 0 aliphatic carbocycles. The van der Waals surface area contributed by atoms with E-state index in [1.54, 1.807) is 17.4 Å². The molecule has 1 N–H and O–H groups in total. The second kappa shape index (κ2) is 9.07. The van der Waals surface area contributed by atoms with Gasteiger partial charge in [0.1, 0.15) is 0 Å². The topological polar surface area (TPSA) is 29.1 Å². The van der Waals surface area contributed by atoms with Crippen LogP contribution in [0.15, 0.2) is 52.3 Å². The maximum atomic E-state index is 11.7. The molecule has 0 aliphatic rings. The van der Waals surface area contributed by atoms with E-state index in [-0.39, 0.29) is 5.91 Å². The van der Waals surface area contributed by atoms with Gasteiger partial charge in [-0.2, -0.15) is 11.8 Å². The molecule has 2 nitrogen and oxygen atoms in total. The zero-order chi connectivity index (χ0) is 14.9. The number of hydrogen-bond donors (Lipinski definition) is 1. The van der Waals surface area contributed by atoms with Crippen molar-refractivity contribution in [3.05, 3.63) is 62.8 Å². The van der Waals surface area contributed by atoms with Crippen molar-refractivity contribution in [3.8, 4) is 0 Å². The Hall–Kier alpha value is -1.04. The highest BCUT2D eigenvalue weighted by Gasteiger charge is 1.97. The van der Waals surface area contributed by atoms with Gasteiger partial charge in [0.2, 0.25) is 5.91 Å². The summed E-state index contributed by atoms with van der Waals surface area (Å²) in [5, 5.41) is 4.98. The van der Waals surface area contributed by atoms with Crippen LogP contribution in [0.3, 0.4) is 0 Å². The highest BCUT2D eigenvalue weighted by molar-refractivity contribution is 9.10. The first-order chi connectivity index (χ1) is 10.2. The summed E-state index contributed by atoms with van der Waals surface area (Å²) in [6.07, 6.45) is 3.39. The lowest BCUT2D eigenvalue weighted by Crippen LogP contribution is -2.23. The molecule has 0 bridgehead atoms. The predicted octanol–water partition coefficient (Wildman–Crippen LogP) is 4.57. The van der Waals surface area contributed by atoms with Gasteiger partial charge in [0.15, 0.2) is 0 Å². The summed E-state index contributed by atoms with van der Waals surface area (Å²) in [6.45, 7) is 0.692. The minimum absolute atomic E-state index is 0.0494. The molecule has 2 rings (SSSR count). The Bertz CT molecular complexity index is 596. The van der Waals surface area contributed by atoms with Crippen LogP contribution in [-0.2, 0) is 10.5 Å². The molecule has 5 heteroatoms. The fraction of sp³-hybridized carbons (Fsp3) is 0.188. The number of carbonyl (C=O) groups excluding carboxylic acids is 1. The van der Waals surface area contributed by atoms with Crippen molar-refractivity contribution in [2.75, 3.05) is 12.3 Å². The van der Waals surface area contributed by atoms with Crippen molar-refractivity contribution in [3.63, 3.8) is 0 Å². The van der Waals surface area contributed by atoms with Gasteiger partial charge in [0.05, 0.1) is 0 Å². The average molecular weight is 382 g/mol. The van der Waals surface area contributed by atoms with Crippen molar-refractivity contribution >= 4 is 51.0 Å². The first-order valence-electron chi connectivity index (χ1n) is 6.55. The van der Waals surface area contributed by atoms with E-state index < -0.39 is 0 Å². The molecule has 110 valence electrons. The van der Waals surface area contributed by atoms with E-state index in [1.807, 2.05) is 42.1 Å². The van der Waals surface area contributed by atoms with Gasteiger partial charge >= 0.3 is 0 Å². The largest absolute Gasteiger partial charge is 0.352 e. The van der Waals surface area contributed by atoms with E-state index in [9.17, 15) is 4.79 Å². The predicted molar refractivity (Wildman–Crippen MR) is 96.7 cm³/mol. The van der Waals surface area contributed by atoms with Crippen molar-refractivity contribution in [2.45, 2.75) is 5.75 Å². The van der Waals surface area contributed by atoms with Gasteiger partial charge in [-0.1, -0.05) is 34.1 Å². The van der Waals surface area contributed by atoms with E-state index in [0.717, 1.165) is 21.5 Å². The summed E-state index contributed by atoms with van der Waals surface area (Å²) >= 11 is 7.01. The monoisotopic (exact) mass is 381 g/mol. The molecule has 21 heavy (non-hydrogen) atoms. The number of rotatable bonds is 7. The van der Waals surface area contributed by atoms with Gasteiger partial charge in [0, 0.05) is 33.5 Å². The third kappa shape index (κ3) is 6.50. The third-order valence-corrected chi connectivity index (χ3v) is 5.21. The minimum Gasteiger partial charge on any atom is -0.352 e. The molecule has 1 aromatic carbocycles. The van der Waals surface area contributed by atoms with Gasteiger partial charge in [-0.05, 0) is 35.2 Å². The lowest BCUT2D eigenvalue weighted by atomic mass is 10.2. The van der Waals surface area contributed by atoms with E-state index in [4.69, 9.17) is 0 Å². The maximum Gasteiger partial charge on any atom is 0.244 e. The minimum atomic E-state index is -0.0494. The van der Waals surface area contributed by atoms with Gasteiger partial charge < -0.3 is 5.32 Å². The highest BCUT2D eigenvalue weighted by atomic mass is 79.9. The molecular weight excluding hydrogens is 366 g/mol. The Morgan fingerprint density at radius 3 is 3.00 bits per heavy atom. The summed E-state index contributed by atoms with van der Waals surface area (Å²) in [7, 11) is 0. The smallest absolute Gasteiger partial charge is 0.244 e. The number of thioether (sulfide) groups is 1. The molecule has 1 amide bonds. The number of carbonyl (C=O) groups is 1. The number of hydrogen-bond acceptors (Lipinski definition) is 3. The Morgan fingerprint density at radius 2 is 2.24 bits per heavy atom. The van der Waals surface area contributed by atoms with Crippen molar-refractivity contribution in [2.24, 2.45) is 0 Å². The van der Waals surface area contributed by atoms with Crippen LogP contribution in [0.25, 0.3) is 6.08 Å². The summed E-state index contributed by atoms with van der Waals surface area (Å²) in [5.41, 5.74) is 1.01. The Labute approximate surface area is 141 Å². The lowest BCUT2D eigenvalue weighted by molar-refractivity contribution is -0.116. The molecule has 2 aromatic rings. The third-order valence-electron chi connectivity index (χ3n) is 2.65. The Morgan fingerprint density at radius 1 is 1.33 bits per heavy atom. The number of thiophene rings is 1. The number of benzene rings is 1. The van der Waals surface area contributed by atoms with E-state index in [0.29, 0.717) is 6.54 Å². The van der Waals surface area contributed by atoms with Crippen molar-refractivity contribution in [1.29, 1.82) is 0 Å². The molecule has 0 unspecified atom stereocenters. The van der Waals surface area contributed by atoms with Crippen molar-refractivity contribution < 1.29 is 4.79 Å². The number of amides is 1. The maximum absolute atomic E-state index is 11.7. The van der Waals surface area contributed by atoms with Crippen LogP contribution in [0, 0.1) is 0 Å². The normalized spacial score (nSPS) is 10.9. The second-order valence-electron chi connectivity index (χ2n) is 4.31. The number of nitrogens with one attached hydrogen (secondary N) is 1. The Balaban J connectivity index is 1.63. The molecule has 0 spiro atoms. The molecular formula is C16H16BrNOS2. The van der Waals surface area contributed by atoms with E-state index in [2.05, 4.69) is 38.8 Å². The van der Waals surface area contributed by atoms with Gasteiger partial charge in [-0.3, -0.25) is 4.79 Å². The summed E-state index contributed by atoms with van der Waals surface area (Å²) in [5.74, 6) is 1.89. The zero-order valence-electron chi connectivity index (χ0n) is 11.4. The van der Waals surface area contributed by atoms with Gasteiger partial charge in [-0.25, -0.2) is 0 Å². The van der Waals surface area contributed by atoms with Crippen LogP contribution < -0.4 is 5.32 Å². The van der Waals surface area contributed by atoms with Crippen LogP contribution in [0.1, 0.15) is 10.4 Å². The molecule has 1 heterocycles. The second-order valence-corrected chi connectivity index (χ2v) is 7.36. The van der Waals surface area contributed by atoms with E-state index >= 15 is 0 Å². The average Bonchev–Trinajstić information content (AvgIpc) is 2.98. The van der Waals surface area contributed by atoms with Crippen LogP contribution >= 0.6 is 39.0 Å². The molecule has 0 aliphatic heterocycles. The summed E-state index contributed by atoms with van der Waals surface area (Å²) in [4.78, 5) is 13.1.